The van der Waals surface area contributed by atoms with Gasteiger partial charge in [0, 0.05) is 19.3 Å². The Labute approximate surface area is 450 Å². The summed E-state index contributed by atoms with van der Waals surface area (Å²) in [6.45, 7) is 6.49. The predicted molar refractivity (Wildman–Crippen MR) is 316 cm³/mol. The van der Waals surface area contributed by atoms with Gasteiger partial charge in [0.1, 0.15) is 13.2 Å². The van der Waals surface area contributed by atoms with E-state index in [0.29, 0.717) is 25.7 Å². The van der Waals surface area contributed by atoms with E-state index < -0.39 is 6.10 Å². The molecule has 416 valence electrons. The van der Waals surface area contributed by atoms with E-state index in [1.807, 2.05) is 6.08 Å². The van der Waals surface area contributed by atoms with E-state index >= 15 is 0 Å². The summed E-state index contributed by atoms with van der Waals surface area (Å²) in [5.41, 5.74) is 0. The van der Waals surface area contributed by atoms with Crippen LogP contribution in [0.1, 0.15) is 278 Å². The fourth-order valence-electron chi connectivity index (χ4n) is 8.13. The Hall–Kier alpha value is -3.93. The Morgan fingerprint density at radius 3 is 0.918 bits per heavy atom. The number of unbranched alkanes of at least 4 members (excludes halogenated alkanes) is 25. The number of hydrogen-bond donors (Lipinski definition) is 0. The van der Waals surface area contributed by atoms with Crippen LogP contribution in [0.2, 0.25) is 0 Å². The molecule has 0 fully saturated rings. The van der Waals surface area contributed by atoms with E-state index in [0.717, 1.165) is 70.6 Å². The van der Waals surface area contributed by atoms with Crippen molar-refractivity contribution in [2.45, 2.75) is 284 Å². The fraction of sp³-hybridized carbons (Fsp3) is 0.687. The van der Waals surface area contributed by atoms with Crippen LogP contribution < -0.4 is 0 Å². The summed E-state index contributed by atoms with van der Waals surface area (Å²) in [6, 6.07) is 0. The standard InChI is InChI=1S/C67H112O6/c1-4-7-10-13-16-19-22-25-28-30-32-33-35-37-40-43-46-49-52-55-58-61-67(70)73-64(62-71-65(68)59-56-53-50-47-44-41-38-27-24-21-18-15-12-9-6-3)63-72-66(69)60-57-54-51-48-45-42-39-36-34-31-29-26-23-20-17-14-11-8-5-2/h17-18,20-21,25-29,34,36,38,42,44-45,47,51,54,64H,4-16,19,22-24,30-33,35,37,39-41,43,46,48-50,52-53,55-63H2,1-3H3/b20-17-,21-18-,28-25-,29-26-,36-34-,38-27-,45-42-,47-44-,54-51-/t64-/m0/s1. The molecule has 0 saturated heterocycles. The fourth-order valence-corrected chi connectivity index (χ4v) is 8.13. The highest BCUT2D eigenvalue weighted by Crippen LogP contribution is 2.15. The number of carbonyl (C=O) groups is 3. The lowest BCUT2D eigenvalue weighted by atomic mass is 10.0. The second-order valence-electron chi connectivity index (χ2n) is 19.9. The monoisotopic (exact) mass is 1010 g/mol. The maximum atomic E-state index is 12.9. The summed E-state index contributed by atoms with van der Waals surface area (Å²) in [7, 11) is 0. The van der Waals surface area contributed by atoms with Crippen molar-refractivity contribution in [3.63, 3.8) is 0 Å². The minimum absolute atomic E-state index is 0.122. The number of esters is 3. The van der Waals surface area contributed by atoms with Gasteiger partial charge in [0.2, 0.25) is 0 Å². The lowest BCUT2D eigenvalue weighted by molar-refractivity contribution is -0.166. The molecule has 0 heterocycles. The third-order valence-electron chi connectivity index (χ3n) is 12.7. The second kappa shape index (κ2) is 60.6. The molecule has 1 atom stereocenters. The summed E-state index contributed by atoms with van der Waals surface area (Å²) < 4.78 is 16.8. The van der Waals surface area contributed by atoms with Crippen LogP contribution in [0.25, 0.3) is 0 Å². The molecule has 0 radical (unpaired) electrons. The first-order valence-corrected chi connectivity index (χ1v) is 30.4. The minimum atomic E-state index is -0.827. The first-order valence-electron chi connectivity index (χ1n) is 30.4. The summed E-state index contributed by atoms with van der Waals surface area (Å²) in [4.78, 5) is 38.2. The van der Waals surface area contributed by atoms with Crippen LogP contribution in [-0.2, 0) is 28.6 Å². The SMILES string of the molecule is CCCCC/C=C\C/C=C\C/C=C\C/C=C\C/C=C\CCC(=O)OC[C@H](COC(=O)CCCC/C=C\C/C=C\C/C=C\CCCCC)OC(=O)CCCCCCCCCCCCC/C=C\CCCCCCCC. The second-order valence-corrected chi connectivity index (χ2v) is 19.9. The van der Waals surface area contributed by atoms with Crippen molar-refractivity contribution in [1.29, 1.82) is 0 Å². The average molecular weight is 1010 g/mol. The van der Waals surface area contributed by atoms with E-state index in [4.69, 9.17) is 14.2 Å². The number of carbonyl (C=O) groups excluding carboxylic acids is 3. The van der Waals surface area contributed by atoms with Crippen LogP contribution in [0.3, 0.4) is 0 Å². The van der Waals surface area contributed by atoms with Gasteiger partial charge in [-0.1, -0.05) is 246 Å². The Kier molecular flexibility index (Phi) is 57.4. The lowest BCUT2D eigenvalue weighted by Crippen LogP contribution is -2.30. The molecule has 0 aromatic carbocycles. The quantitative estimate of drug-likeness (QED) is 0.0261. The molecule has 0 aromatic rings. The number of hydrogen-bond acceptors (Lipinski definition) is 6. The number of rotatable bonds is 54. The zero-order chi connectivity index (χ0) is 52.9. The first-order chi connectivity index (χ1) is 36.0. The molecule has 0 bridgehead atoms. The van der Waals surface area contributed by atoms with Crippen molar-refractivity contribution in [3.05, 3.63) is 109 Å². The lowest BCUT2D eigenvalue weighted by Gasteiger charge is -2.18. The molecule has 0 amide bonds. The van der Waals surface area contributed by atoms with Gasteiger partial charge in [0.15, 0.2) is 6.10 Å². The van der Waals surface area contributed by atoms with Crippen molar-refractivity contribution in [2.75, 3.05) is 13.2 Å². The maximum Gasteiger partial charge on any atom is 0.306 e. The molecule has 0 aromatic heterocycles. The van der Waals surface area contributed by atoms with Gasteiger partial charge >= 0.3 is 17.9 Å². The van der Waals surface area contributed by atoms with Crippen LogP contribution >= 0.6 is 0 Å². The molecule has 0 unspecified atom stereocenters. The van der Waals surface area contributed by atoms with Gasteiger partial charge in [-0.05, 0) is 122 Å². The van der Waals surface area contributed by atoms with Gasteiger partial charge in [-0.3, -0.25) is 14.4 Å². The first kappa shape index (κ1) is 69.1. The highest BCUT2D eigenvalue weighted by molar-refractivity contribution is 5.71. The van der Waals surface area contributed by atoms with Crippen molar-refractivity contribution in [2.24, 2.45) is 0 Å². The van der Waals surface area contributed by atoms with Gasteiger partial charge < -0.3 is 14.2 Å². The summed E-state index contributed by atoms with van der Waals surface area (Å²) in [5.74, 6) is -1.04. The molecule has 0 aliphatic heterocycles. The van der Waals surface area contributed by atoms with Crippen molar-refractivity contribution in [1.82, 2.24) is 0 Å². The average Bonchev–Trinajstić information content (AvgIpc) is 3.39. The van der Waals surface area contributed by atoms with Gasteiger partial charge in [0.25, 0.3) is 0 Å². The Balaban J connectivity index is 4.52. The van der Waals surface area contributed by atoms with Crippen molar-refractivity contribution >= 4 is 17.9 Å². The normalized spacial score (nSPS) is 12.9. The Morgan fingerprint density at radius 1 is 0.274 bits per heavy atom. The van der Waals surface area contributed by atoms with Crippen LogP contribution in [0, 0.1) is 0 Å². The van der Waals surface area contributed by atoms with Gasteiger partial charge in [-0.25, -0.2) is 0 Å². The molecule has 6 heteroatoms. The van der Waals surface area contributed by atoms with Crippen LogP contribution in [0.5, 0.6) is 0 Å². The summed E-state index contributed by atoms with van der Waals surface area (Å²) in [6.07, 6.45) is 82.4. The van der Waals surface area contributed by atoms with Crippen molar-refractivity contribution in [3.8, 4) is 0 Å². The molecular weight excluding hydrogens is 901 g/mol. The molecular formula is C67H112O6. The molecule has 73 heavy (non-hydrogen) atoms. The maximum absolute atomic E-state index is 12.9. The van der Waals surface area contributed by atoms with E-state index in [2.05, 4.69) is 124 Å². The highest BCUT2D eigenvalue weighted by atomic mass is 16.6. The zero-order valence-corrected chi connectivity index (χ0v) is 47.6. The van der Waals surface area contributed by atoms with Gasteiger partial charge in [-0.2, -0.15) is 0 Å². The Bertz CT molecular complexity index is 1490. The molecule has 0 aliphatic rings. The van der Waals surface area contributed by atoms with E-state index in [1.54, 1.807) is 0 Å². The predicted octanol–water partition coefficient (Wildman–Crippen LogP) is 20.7. The molecule has 0 spiro atoms. The van der Waals surface area contributed by atoms with Gasteiger partial charge in [-0.15, -0.1) is 0 Å². The number of allylic oxidation sites excluding steroid dienone is 18. The van der Waals surface area contributed by atoms with Crippen LogP contribution in [0.4, 0.5) is 0 Å². The molecule has 0 N–H and O–H groups in total. The largest absolute Gasteiger partial charge is 0.462 e. The summed E-state index contributed by atoms with van der Waals surface area (Å²) >= 11 is 0. The Morgan fingerprint density at radius 2 is 0.521 bits per heavy atom. The summed E-state index contributed by atoms with van der Waals surface area (Å²) in [5, 5.41) is 0. The third kappa shape index (κ3) is 58.8. The molecule has 0 rings (SSSR count). The zero-order valence-electron chi connectivity index (χ0n) is 47.6. The van der Waals surface area contributed by atoms with E-state index in [9.17, 15) is 14.4 Å². The number of ether oxygens (including phenoxy) is 3. The smallest absolute Gasteiger partial charge is 0.306 e. The topological polar surface area (TPSA) is 78.9 Å². The van der Waals surface area contributed by atoms with E-state index in [1.165, 1.54) is 154 Å². The van der Waals surface area contributed by atoms with Gasteiger partial charge in [0.05, 0.1) is 0 Å². The van der Waals surface area contributed by atoms with Crippen molar-refractivity contribution < 1.29 is 28.6 Å². The van der Waals surface area contributed by atoms with E-state index in [-0.39, 0.29) is 37.5 Å². The molecule has 0 saturated carbocycles. The van der Waals surface area contributed by atoms with Crippen LogP contribution in [0.15, 0.2) is 109 Å². The highest BCUT2D eigenvalue weighted by Gasteiger charge is 2.19. The minimum Gasteiger partial charge on any atom is -0.462 e. The molecule has 0 aliphatic carbocycles. The van der Waals surface area contributed by atoms with Crippen LogP contribution in [-0.4, -0.2) is 37.2 Å². The molecule has 6 nitrogen and oxygen atoms in total. The third-order valence-corrected chi connectivity index (χ3v) is 12.7.